The Morgan fingerprint density at radius 3 is 3.06 bits per heavy atom. The molecule has 0 amide bonds. The van der Waals surface area contributed by atoms with Gasteiger partial charge in [-0.3, -0.25) is 0 Å². The number of aromatic nitrogens is 5. The predicted molar refractivity (Wildman–Crippen MR) is 59.9 cm³/mol. The van der Waals surface area contributed by atoms with Gasteiger partial charge in [0.15, 0.2) is 5.82 Å². The van der Waals surface area contributed by atoms with E-state index in [9.17, 15) is 0 Å². The van der Waals surface area contributed by atoms with Crippen LogP contribution in [0.2, 0.25) is 0 Å². The van der Waals surface area contributed by atoms with Crippen LogP contribution in [-0.4, -0.2) is 25.1 Å². The number of hydrogen-bond acceptors (Lipinski definition) is 6. The molecule has 2 rings (SSSR count). The molecule has 0 spiro atoms. The van der Waals surface area contributed by atoms with Gasteiger partial charge < -0.3 is 10.3 Å². The van der Waals surface area contributed by atoms with Crippen molar-refractivity contribution < 1.29 is 4.52 Å². The van der Waals surface area contributed by atoms with Gasteiger partial charge in [0.25, 0.3) is 0 Å². The van der Waals surface area contributed by atoms with Gasteiger partial charge in [-0.15, -0.1) is 5.10 Å². The Kier molecular flexibility index (Phi) is 3.81. The van der Waals surface area contributed by atoms with Crippen molar-refractivity contribution in [3.05, 3.63) is 23.6 Å². The molecule has 2 aromatic heterocycles. The van der Waals surface area contributed by atoms with Gasteiger partial charge in [-0.05, 0) is 6.42 Å². The summed E-state index contributed by atoms with van der Waals surface area (Å²) in [5.74, 6) is 1.30. The summed E-state index contributed by atoms with van der Waals surface area (Å²) in [6.07, 6.45) is 4.81. The lowest BCUT2D eigenvalue weighted by Crippen LogP contribution is -2.01. The van der Waals surface area contributed by atoms with E-state index in [4.69, 9.17) is 10.3 Å². The number of hydrogen-bond donors (Lipinski definition) is 1. The minimum Gasteiger partial charge on any atom is -0.337 e. The highest BCUT2D eigenvalue weighted by Crippen LogP contribution is 2.04. The molecule has 0 bridgehead atoms. The second-order valence-corrected chi connectivity index (χ2v) is 3.82. The second-order valence-electron chi connectivity index (χ2n) is 3.82. The van der Waals surface area contributed by atoms with E-state index in [1.165, 1.54) is 0 Å². The molecule has 0 saturated heterocycles. The van der Waals surface area contributed by atoms with Crippen LogP contribution in [-0.2, 0) is 19.5 Å². The van der Waals surface area contributed by atoms with E-state index in [0.29, 0.717) is 19.0 Å². The maximum Gasteiger partial charge on any atom is 0.248 e. The third-order valence-corrected chi connectivity index (χ3v) is 2.36. The van der Waals surface area contributed by atoms with E-state index in [-0.39, 0.29) is 0 Å². The van der Waals surface area contributed by atoms with Crippen LogP contribution in [0.5, 0.6) is 0 Å². The van der Waals surface area contributed by atoms with Crippen molar-refractivity contribution >= 4 is 0 Å². The molecule has 0 atom stereocenters. The van der Waals surface area contributed by atoms with Crippen molar-refractivity contribution in [2.45, 2.75) is 39.3 Å². The van der Waals surface area contributed by atoms with Crippen molar-refractivity contribution in [1.82, 2.24) is 25.1 Å². The summed E-state index contributed by atoms with van der Waals surface area (Å²) in [7, 11) is 0. The Morgan fingerprint density at radius 1 is 1.47 bits per heavy atom. The Morgan fingerprint density at radius 2 is 2.35 bits per heavy atom. The van der Waals surface area contributed by atoms with Crippen molar-refractivity contribution in [1.29, 1.82) is 0 Å². The fraction of sp³-hybridized carbons (Fsp3) is 0.600. The highest BCUT2D eigenvalue weighted by atomic mass is 16.5. The monoisotopic (exact) mass is 236 g/mol. The van der Waals surface area contributed by atoms with Crippen molar-refractivity contribution in [2.24, 2.45) is 5.73 Å². The quantitative estimate of drug-likeness (QED) is 0.785. The molecule has 92 valence electrons. The first kappa shape index (κ1) is 11.7. The highest BCUT2D eigenvalue weighted by Gasteiger charge is 2.07. The predicted octanol–water partition coefficient (Wildman–Crippen LogP) is 0.511. The lowest BCUT2D eigenvalue weighted by molar-refractivity contribution is 0.359. The van der Waals surface area contributed by atoms with Crippen molar-refractivity contribution in [2.75, 3.05) is 0 Å². The summed E-state index contributed by atoms with van der Waals surface area (Å²) >= 11 is 0. The molecular weight excluding hydrogens is 220 g/mol. The van der Waals surface area contributed by atoms with Gasteiger partial charge in [-0.25, -0.2) is 4.68 Å². The largest absolute Gasteiger partial charge is 0.337 e. The molecule has 0 saturated carbocycles. The lowest BCUT2D eigenvalue weighted by atomic mass is 10.2. The zero-order valence-electron chi connectivity index (χ0n) is 9.83. The number of rotatable bonds is 6. The third kappa shape index (κ3) is 3.10. The zero-order valence-corrected chi connectivity index (χ0v) is 9.83. The first-order valence-corrected chi connectivity index (χ1v) is 5.72. The van der Waals surface area contributed by atoms with E-state index >= 15 is 0 Å². The van der Waals surface area contributed by atoms with Crippen LogP contribution >= 0.6 is 0 Å². The van der Waals surface area contributed by atoms with E-state index in [1.54, 1.807) is 10.9 Å². The van der Waals surface area contributed by atoms with E-state index in [2.05, 4.69) is 27.4 Å². The number of nitrogens with zero attached hydrogens (tertiary/aromatic N) is 5. The lowest BCUT2D eigenvalue weighted by Gasteiger charge is -1.92. The molecule has 2 heterocycles. The Balaban J connectivity index is 1.96. The molecule has 0 fully saturated rings. The first-order chi connectivity index (χ1) is 8.31. The van der Waals surface area contributed by atoms with Crippen LogP contribution in [0.1, 0.15) is 37.2 Å². The maximum atomic E-state index is 5.45. The standard InChI is InChI=1S/C10H16N6O/c1-2-3-4-9-12-10(17-14-9)7-16-6-8(5-11)13-15-16/h6H,2-5,7,11H2,1H3. The molecule has 0 aliphatic heterocycles. The summed E-state index contributed by atoms with van der Waals surface area (Å²) in [6, 6.07) is 0. The van der Waals surface area contributed by atoms with E-state index in [0.717, 1.165) is 30.8 Å². The average Bonchev–Trinajstić information content (AvgIpc) is 2.96. The Labute approximate surface area is 99.0 Å². The van der Waals surface area contributed by atoms with Gasteiger partial charge in [-0.1, -0.05) is 23.7 Å². The van der Waals surface area contributed by atoms with Crippen LogP contribution in [0.4, 0.5) is 0 Å². The summed E-state index contributed by atoms with van der Waals surface area (Å²) < 4.78 is 6.77. The first-order valence-electron chi connectivity index (χ1n) is 5.72. The third-order valence-electron chi connectivity index (χ3n) is 2.36. The Bertz CT molecular complexity index is 463. The zero-order chi connectivity index (χ0) is 12.1. The van der Waals surface area contributed by atoms with Gasteiger partial charge in [0.05, 0.1) is 11.9 Å². The molecule has 7 heteroatoms. The molecule has 2 N–H and O–H groups in total. The van der Waals surface area contributed by atoms with Gasteiger partial charge in [0.1, 0.15) is 6.54 Å². The topological polar surface area (TPSA) is 95.7 Å². The van der Waals surface area contributed by atoms with Crippen molar-refractivity contribution in [3.8, 4) is 0 Å². The summed E-state index contributed by atoms with van der Waals surface area (Å²) in [4.78, 5) is 4.28. The Hall–Kier alpha value is -1.76. The SMILES string of the molecule is CCCCc1noc(Cn2cc(CN)nn2)n1. The highest BCUT2D eigenvalue weighted by molar-refractivity contribution is 4.93. The summed E-state index contributed by atoms with van der Waals surface area (Å²) in [5.41, 5.74) is 6.19. The molecule has 7 nitrogen and oxygen atoms in total. The average molecular weight is 236 g/mol. The molecule has 0 aliphatic carbocycles. The normalized spacial score (nSPS) is 10.9. The molecule has 0 aliphatic rings. The van der Waals surface area contributed by atoms with Crippen LogP contribution < -0.4 is 5.73 Å². The minimum absolute atomic E-state index is 0.381. The number of nitrogens with two attached hydrogens (primary N) is 1. The van der Waals surface area contributed by atoms with Gasteiger partial charge in [0, 0.05) is 13.0 Å². The fourth-order valence-corrected chi connectivity index (χ4v) is 1.44. The smallest absolute Gasteiger partial charge is 0.248 e. The fourth-order valence-electron chi connectivity index (χ4n) is 1.44. The van der Waals surface area contributed by atoms with Crippen LogP contribution in [0.15, 0.2) is 10.7 Å². The van der Waals surface area contributed by atoms with Gasteiger partial charge in [-0.2, -0.15) is 4.98 Å². The molecule has 0 radical (unpaired) electrons. The van der Waals surface area contributed by atoms with Crippen LogP contribution in [0.3, 0.4) is 0 Å². The maximum absolute atomic E-state index is 5.45. The van der Waals surface area contributed by atoms with E-state index < -0.39 is 0 Å². The van der Waals surface area contributed by atoms with Gasteiger partial charge >= 0.3 is 0 Å². The van der Waals surface area contributed by atoms with Crippen LogP contribution in [0.25, 0.3) is 0 Å². The summed E-state index contributed by atoms with van der Waals surface area (Å²) in [5, 5.41) is 11.7. The molecule has 2 aromatic rings. The number of aryl methyl sites for hydroxylation is 1. The number of unbranched alkanes of at least 4 members (excludes halogenated alkanes) is 1. The summed E-state index contributed by atoms with van der Waals surface area (Å²) in [6.45, 7) is 2.95. The molecule has 0 unspecified atom stereocenters. The van der Waals surface area contributed by atoms with E-state index in [1.807, 2.05) is 0 Å². The molecule has 17 heavy (non-hydrogen) atoms. The molecule has 0 aromatic carbocycles. The second kappa shape index (κ2) is 5.53. The van der Waals surface area contributed by atoms with Crippen molar-refractivity contribution in [3.63, 3.8) is 0 Å². The van der Waals surface area contributed by atoms with Crippen LogP contribution in [0, 0.1) is 0 Å². The molecular formula is C10H16N6O. The van der Waals surface area contributed by atoms with Gasteiger partial charge in [0.2, 0.25) is 5.89 Å². The minimum atomic E-state index is 0.381.